The highest BCUT2D eigenvalue weighted by Gasteiger charge is 2.21. The minimum atomic E-state index is -1.25. The van der Waals surface area contributed by atoms with Crippen molar-refractivity contribution in [1.82, 2.24) is 4.98 Å². The van der Waals surface area contributed by atoms with Gasteiger partial charge in [0.15, 0.2) is 5.79 Å². The van der Waals surface area contributed by atoms with Crippen molar-refractivity contribution in [3.05, 3.63) is 29.6 Å². The van der Waals surface area contributed by atoms with Crippen molar-refractivity contribution in [2.24, 2.45) is 0 Å². The van der Waals surface area contributed by atoms with E-state index >= 15 is 0 Å². The molecule has 1 atom stereocenters. The SMILES string of the molecule is COC(C)(O)c1ccc(CBr)nc1. The Morgan fingerprint density at radius 2 is 2.31 bits per heavy atom. The van der Waals surface area contributed by atoms with Crippen molar-refractivity contribution in [3.63, 3.8) is 0 Å². The Hall–Kier alpha value is -0.450. The number of ether oxygens (including phenoxy) is 1. The lowest BCUT2D eigenvalue weighted by molar-refractivity contribution is -0.179. The second kappa shape index (κ2) is 4.17. The number of aromatic nitrogens is 1. The first kappa shape index (κ1) is 10.6. The van der Waals surface area contributed by atoms with Gasteiger partial charge in [0.25, 0.3) is 0 Å². The number of methoxy groups -OCH3 is 1. The summed E-state index contributed by atoms with van der Waals surface area (Å²) in [6.45, 7) is 1.58. The fourth-order valence-corrected chi connectivity index (χ4v) is 1.23. The number of aliphatic hydroxyl groups is 1. The van der Waals surface area contributed by atoms with E-state index in [1.807, 2.05) is 6.07 Å². The number of rotatable bonds is 3. The molecule has 0 aliphatic carbocycles. The summed E-state index contributed by atoms with van der Waals surface area (Å²) >= 11 is 3.29. The summed E-state index contributed by atoms with van der Waals surface area (Å²) in [5, 5.41) is 10.4. The molecule has 0 amide bonds. The molecule has 0 saturated heterocycles. The van der Waals surface area contributed by atoms with Gasteiger partial charge in [-0.1, -0.05) is 22.0 Å². The van der Waals surface area contributed by atoms with Crippen molar-refractivity contribution >= 4 is 15.9 Å². The molecule has 1 heterocycles. The van der Waals surface area contributed by atoms with Crippen LogP contribution in [0.3, 0.4) is 0 Å². The van der Waals surface area contributed by atoms with Crippen molar-refractivity contribution in [3.8, 4) is 0 Å². The average Bonchev–Trinajstić information content (AvgIpc) is 2.18. The summed E-state index contributed by atoms with van der Waals surface area (Å²) in [6.07, 6.45) is 1.61. The number of hydrogen-bond donors (Lipinski definition) is 1. The minimum absolute atomic E-state index is 0.653. The first-order valence-electron chi connectivity index (χ1n) is 3.89. The fraction of sp³-hybridized carbons (Fsp3) is 0.444. The zero-order chi connectivity index (χ0) is 9.90. The topological polar surface area (TPSA) is 42.4 Å². The van der Waals surface area contributed by atoms with E-state index in [-0.39, 0.29) is 0 Å². The Bertz CT molecular complexity index is 271. The molecular weight excluding hydrogens is 234 g/mol. The van der Waals surface area contributed by atoms with Crippen LogP contribution in [0.4, 0.5) is 0 Å². The van der Waals surface area contributed by atoms with Crippen LogP contribution in [0.5, 0.6) is 0 Å². The number of pyridine rings is 1. The molecule has 13 heavy (non-hydrogen) atoms. The third-order valence-electron chi connectivity index (χ3n) is 1.89. The van der Waals surface area contributed by atoms with E-state index in [0.29, 0.717) is 10.9 Å². The zero-order valence-corrected chi connectivity index (χ0v) is 9.21. The molecule has 72 valence electrons. The Morgan fingerprint density at radius 1 is 1.62 bits per heavy atom. The molecule has 3 nitrogen and oxygen atoms in total. The maximum absolute atomic E-state index is 9.68. The summed E-state index contributed by atoms with van der Waals surface area (Å²) in [7, 11) is 1.46. The summed E-state index contributed by atoms with van der Waals surface area (Å²) < 4.78 is 4.90. The van der Waals surface area contributed by atoms with Crippen LogP contribution in [0.25, 0.3) is 0 Å². The highest BCUT2D eigenvalue weighted by atomic mass is 79.9. The van der Waals surface area contributed by atoms with Crippen LogP contribution in [0.1, 0.15) is 18.2 Å². The van der Waals surface area contributed by atoms with E-state index in [0.717, 1.165) is 5.69 Å². The molecule has 1 rings (SSSR count). The molecule has 0 radical (unpaired) electrons. The first-order valence-corrected chi connectivity index (χ1v) is 5.01. The van der Waals surface area contributed by atoms with Crippen molar-refractivity contribution in [2.45, 2.75) is 18.0 Å². The third kappa shape index (κ3) is 2.49. The van der Waals surface area contributed by atoms with Gasteiger partial charge in [-0.15, -0.1) is 0 Å². The number of nitrogens with zero attached hydrogens (tertiary/aromatic N) is 1. The van der Waals surface area contributed by atoms with Crippen LogP contribution in [0, 0.1) is 0 Å². The van der Waals surface area contributed by atoms with Gasteiger partial charge < -0.3 is 9.84 Å². The maximum Gasteiger partial charge on any atom is 0.190 e. The monoisotopic (exact) mass is 245 g/mol. The van der Waals surface area contributed by atoms with Gasteiger partial charge in [0, 0.05) is 24.2 Å². The smallest absolute Gasteiger partial charge is 0.190 e. The van der Waals surface area contributed by atoms with Crippen LogP contribution in [-0.4, -0.2) is 17.2 Å². The lowest BCUT2D eigenvalue weighted by Gasteiger charge is -2.21. The lowest BCUT2D eigenvalue weighted by atomic mass is 10.1. The van der Waals surface area contributed by atoms with Gasteiger partial charge in [-0.2, -0.15) is 0 Å². The van der Waals surface area contributed by atoms with Gasteiger partial charge in [0.05, 0.1) is 5.69 Å². The molecule has 0 spiro atoms. The van der Waals surface area contributed by atoms with E-state index in [1.165, 1.54) is 7.11 Å². The highest BCUT2D eigenvalue weighted by Crippen LogP contribution is 2.20. The molecule has 4 heteroatoms. The predicted octanol–water partition coefficient (Wildman–Crippen LogP) is 1.79. The fourth-order valence-electron chi connectivity index (χ4n) is 0.896. The molecule has 0 bridgehead atoms. The number of hydrogen-bond acceptors (Lipinski definition) is 3. The molecule has 1 N–H and O–H groups in total. The maximum atomic E-state index is 9.68. The Labute approximate surface area is 85.9 Å². The number of halogens is 1. The molecule has 1 aromatic rings. The number of alkyl halides is 1. The predicted molar refractivity (Wildman–Crippen MR) is 53.4 cm³/mol. The van der Waals surface area contributed by atoms with Gasteiger partial charge in [0.2, 0.25) is 0 Å². The summed E-state index contributed by atoms with van der Waals surface area (Å²) in [5.74, 6) is -1.25. The van der Waals surface area contributed by atoms with Gasteiger partial charge in [0.1, 0.15) is 0 Å². The minimum Gasteiger partial charge on any atom is -0.362 e. The molecule has 0 aliphatic heterocycles. The van der Waals surface area contributed by atoms with Crippen LogP contribution in [0.2, 0.25) is 0 Å². The summed E-state index contributed by atoms with van der Waals surface area (Å²) in [6, 6.07) is 3.64. The van der Waals surface area contributed by atoms with Crippen molar-refractivity contribution in [1.29, 1.82) is 0 Å². The quantitative estimate of drug-likeness (QED) is 0.653. The standard InChI is InChI=1S/C9H12BrNO2/c1-9(12,13-2)7-3-4-8(5-10)11-6-7/h3-4,6,12H,5H2,1-2H3. The van der Waals surface area contributed by atoms with E-state index < -0.39 is 5.79 Å². The van der Waals surface area contributed by atoms with E-state index in [2.05, 4.69) is 20.9 Å². The van der Waals surface area contributed by atoms with Crippen LogP contribution >= 0.6 is 15.9 Å². The summed E-state index contributed by atoms with van der Waals surface area (Å²) in [5.41, 5.74) is 1.58. The summed E-state index contributed by atoms with van der Waals surface area (Å²) in [4.78, 5) is 4.12. The molecule has 1 unspecified atom stereocenters. The average molecular weight is 246 g/mol. The molecular formula is C9H12BrNO2. The van der Waals surface area contributed by atoms with Crippen LogP contribution in [0.15, 0.2) is 18.3 Å². The van der Waals surface area contributed by atoms with Gasteiger partial charge in [-0.3, -0.25) is 4.98 Å². The van der Waals surface area contributed by atoms with E-state index in [9.17, 15) is 5.11 Å². The van der Waals surface area contributed by atoms with Gasteiger partial charge in [-0.05, 0) is 13.0 Å². The molecule has 0 aromatic carbocycles. The second-order valence-electron chi connectivity index (χ2n) is 2.86. The molecule has 0 aliphatic rings. The Morgan fingerprint density at radius 3 is 2.69 bits per heavy atom. The first-order chi connectivity index (χ1) is 6.10. The van der Waals surface area contributed by atoms with Crippen molar-refractivity contribution < 1.29 is 9.84 Å². The Kier molecular flexibility index (Phi) is 3.41. The van der Waals surface area contributed by atoms with E-state index in [1.54, 1.807) is 19.2 Å². The molecule has 0 fully saturated rings. The van der Waals surface area contributed by atoms with Gasteiger partial charge in [-0.25, -0.2) is 0 Å². The highest BCUT2D eigenvalue weighted by molar-refractivity contribution is 9.08. The third-order valence-corrected chi connectivity index (χ3v) is 2.47. The largest absolute Gasteiger partial charge is 0.362 e. The Balaban J connectivity index is 2.92. The molecule has 0 saturated carbocycles. The lowest BCUT2D eigenvalue weighted by Crippen LogP contribution is -2.23. The van der Waals surface area contributed by atoms with Gasteiger partial charge >= 0.3 is 0 Å². The second-order valence-corrected chi connectivity index (χ2v) is 3.42. The van der Waals surface area contributed by atoms with E-state index in [4.69, 9.17) is 4.74 Å². The normalized spacial score (nSPS) is 15.4. The van der Waals surface area contributed by atoms with Crippen LogP contribution < -0.4 is 0 Å². The van der Waals surface area contributed by atoms with Crippen molar-refractivity contribution in [2.75, 3.05) is 7.11 Å². The zero-order valence-electron chi connectivity index (χ0n) is 7.62. The van der Waals surface area contributed by atoms with Crippen LogP contribution in [-0.2, 0) is 15.9 Å². The molecule has 1 aromatic heterocycles.